The Balaban J connectivity index is 2.30. The van der Waals surface area contributed by atoms with E-state index in [0.717, 1.165) is 11.0 Å². The first-order chi connectivity index (χ1) is 7.22. The van der Waals surface area contributed by atoms with Crippen molar-refractivity contribution in [1.29, 1.82) is 0 Å². The van der Waals surface area contributed by atoms with Gasteiger partial charge in [0.1, 0.15) is 0 Å². The van der Waals surface area contributed by atoms with Crippen LogP contribution in [-0.4, -0.2) is 18.1 Å². The summed E-state index contributed by atoms with van der Waals surface area (Å²) in [5, 5.41) is 3.53. The van der Waals surface area contributed by atoms with Crippen LogP contribution in [0.4, 0.5) is 0 Å². The Morgan fingerprint density at radius 1 is 1.47 bits per heavy atom. The Kier molecular flexibility index (Phi) is 6.37. The van der Waals surface area contributed by atoms with Crippen LogP contribution in [0.15, 0.2) is 28.7 Å². The van der Waals surface area contributed by atoms with Gasteiger partial charge in [-0.15, -0.1) is 0 Å². The van der Waals surface area contributed by atoms with Crippen LogP contribution >= 0.6 is 27.7 Å². The molecule has 0 saturated heterocycles. The molecule has 0 bridgehead atoms. The third-order valence-electron chi connectivity index (χ3n) is 2.30. The van der Waals surface area contributed by atoms with Crippen molar-refractivity contribution in [2.45, 2.75) is 25.9 Å². The molecular formula is C12H18BrNS. The monoisotopic (exact) mass is 287 g/mol. The Morgan fingerprint density at radius 2 is 2.27 bits per heavy atom. The van der Waals surface area contributed by atoms with Crippen LogP contribution < -0.4 is 5.32 Å². The lowest BCUT2D eigenvalue weighted by Gasteiger charge is -2.13. The van der Waals surface area contributed by atoms with E-state index in [-0.39, 0.29) is 0 Å². The number of rotatable bonds is 6. The van der Waals surface area contributed by atoms with Crippen LogP contribution in [0.2, 0.25) is 0 Å². The highest BCUT2D eigenvalue weighted by atomic mass is 79.9. The molecule has 0 aliphatic heterocycles. The zero-order valence-electron chi connectivity index (χ0n) is 9.29. The van der Waals surface area contributed by atoms with Crippen molar-refractivity contribution >= 4 is 27.7 Å². The maximum absolute atomic E-state index is 3.53. The lowest BCUT2D eigenvalue weighted by molar-refractivity contribution is 0.537. The minimum atomic E-state index is 0.594. The lowest BCUT2D eigenvalue weighted by atomic mass is 10.2. The van der Waals surface area contributed by atoms with Crippen molar-refractivity contribution < 1.29 is 0 Å². The van der Waals surface area contributed by atoms with Gasteiger partial charge in [-0.3, -0.25) is 0 Å². The molecule has 1 unspecified atom stereocenters. The normalized spacial score (nSPS) is 12.7. The summed E-state index contributed by atoms with van der Waals surface area (Å²) in [6.45, 7) is 3.20. The molecule has 3 heteroatoms. The fraction of sp³-hybridized carbons (Fsp3) is 0.500. The van der Waals surface area contributed by atoms with Gasteiger partial charge >= 0.3 is 0 Å². The van der Waals surface area contributed by atoms with Gasteiger partial charge in [-0.25, -0.2) is 0 Å². The molecule has 1 nitrogen and oxygen atoms in total. The Morgan fingerprint density at radius 3 is 2.93 bits per heavy atom. The van der Waals surface area contributed by atoms with Gasteiger partial charge in [0.2, 0.25) is 0 Å². The highest BCUT2D eigenvalue weighted by Gasteiger charge is 2.00. The third kappa shape index (κ3) is 5.59. The second-order valence-electron chi connectivity index (χ2n) is 3.69. The summed E-state index contributed by atoms with van der Waals surface area (Å²) in [7, 11) is 0. The molecule has 1 rings (SSSR count). The zero-order valence-corrected chi connectivity index (χ0v) is 11.7. The van der Waals surface area contributed by atoms with Crippen LogP contribution in [0.1, 0.15) is 18.9 Å². The zero-order chi connectivity index (χ0) is 11.1. The highest BCUT2D eigenvalue weighted by Crippen LogP contribution is 2.11. The summed E-state index contributed by atoms with van der Waals surface area (Å²) in [6, 6.07) is 9.04. The fourth-order valence-electron chi connectivity index (χ4n) is 1.34. The van der Waals surface area contributed by atoms with Crippen LogP contribution in [0.25, 0.3) is 0 Å². The minimum absolute atomic E-state index is 0.594. The molecule has 0 aliphatic rings. The summed E-state index contributed by atoms with van der Waals surface area (Å²) in [6.07, 6.45) is 3.39. The van der Waals surface area contributed by atoms with E-state index < -0.39 is 0 Å². The van der Waals surface area contributed by atoms with Gasteiger partial charge in [0.15, 0.2) is 0 Å². The van der Waals surface area contributed by atoms with Crippen molar-refractivity contribution in [3.63, 3.8) is 0 Å². The number of halogens is 1. The quantitative estimate of drug-likeness (QED) is 0.857. The van der Waals surface area contributed by atoms with E-state index in [1.807, 2.05) is 11.8 Å². The Bertz CT molecular complexity index is 291. The van der Waals surface area contributed by atoms with Gasteiger partial charge < -0.3 is 5.32 Å². The van der Waals surface area contributed by atoms with Crippen LogP contribution in [0.5, 0.6) is 0 Å². The van der Waals surface area contributed by atoms with Gasteiger partial charge in [-0.1, -0.05) is 28.1 Å². The van der Waals surface area contributed by atoms with Gasteiger partial charge in [0, 0.05) is 17.1 Å². The van der Waals surface area contributed by atoms with Crippen LogP contribution in [0, 0.1) is 0 Å². The molecule has 1 aromatic rings. The molecule has 1 N–H and O–H groups in total. The van der Waals surface area contributed by atoms with Gasteiger partial charge in [0.25, 0.3) is 0 Å². The number of hydrogen-bond acceptors (Lipinski definition) is 2. The van der Waals surface area contributed by atoms with E-state index in [4.69, 9.17) is 0 Å². The van der Waals surface area contributed by atoms with E-state index in [9.17, 15) is 0 Å². The second-order valence-corrected chi connectivity index (χ2v) is 5.59. The van der Waals surface area contributed by atoms with E-state index in [1.165, 1.54) is 17.7 Å². The molecule has 1 atom stereocenters. The fourth-order valence-corrected chi connectivity index (χ4v) is 2.37. The van der Waals surface area contributed by atoms with E-state index in [1.54, 1.807) is 0 Å². The first-order valence-electron chi connectivity index (χ1n) is 5.19. The Hall–Kier alpha value is 0.01000. The molecule has 1 aromatic carbocycles. The molecular weight excluding hydrogens is 270 g/mol. The SMILES string of the molecule is CSCCC(C)NCc1cccc(Br)c1. The summed E-state index contributed by atoms with van der Waals surface area (Å²) in [5.41, 5.74) is 1.33. The molecule has 0 heterocycles. The highest BCUT2D eigenvalue weighted by molar-refractivity contribution is 9.10. The molecule has 84 valence electrons. The predicted octanol–water partition coefficient (Wildman–Crippen LogP) is 3.68. The molecule has 0 spiro atoms. The van der Waals surface area contributed by atoms with E-state index in [2.05, 4.69) is 58.7 Å². The third-order valence-corrected chi connectivity index (χ3v) is 3.44. The second kappa shape index (κ2) is 7.31. The molecule has 0 radical (unpaired) electrons. The molecule has 0 amide bonds. The molecule has 0 aliphatic carbocycles. The standard InChI is InChI=1S/C12H18BrNS/c1-10(6-7-15-2)14-9-11-4-3-5-12(13)8-11/h3-5,8,10,14H,6-7,9H2,1-2H3. The lowest BCUT2D eigenvalue weighted by Crippen LogP contribution is -2.25. The minimum Gasteiger partial charge on any atom is -0.310 e. The predicted molar refractivity (Wildman–Crippen MR) is 73.4 cm³/mol. The summed E-state index contributed by atoms with van der Waals surface area (Å²) < 4.78 is 1.15. The van der Waals surface area contributed by atoms with Crippen LogP contribution in [0.3, 0.4) is 0 Å². The number of nitrogens with one attached hydrogen (secondary N) is 1. The van der Waals surface area contributed by atoms with Crippen LogP contribution in [-0.2, 0) is 6.54 Å². The maximum Gasteiger partial charge on any atom is 0.0208 e. The van der Waals surface area contributed by atoms with E-state index >= 15 is 0 Å². The average Bonchev–Trinajstić information content (AvgIpc) is 2.23. The van der Waals surface area contributed by atoms with Crippen molar-refractivity contribution in [3.05, 3.63) is 34.3 Å². The molecule has 15 heavy (non-hydrogen) atoms. The maximum atomic E-state index is 3.53. The summed E-state index contributed by atoms with van der Waals surface area (Å²) in [4.78, 5) is 0. The summed E-state index contributed by atoms with van der Waals surface area (Å²) >= 11 is 5.39. The van der Waals surface area contributed by atoms with Gasteiger partial charge in [-0.05, 0) is 43.0 Å². The molecule has 0 saturated carbocycles. The van der Waals surface area contributed by atoms with E-state index in [0.29, 0.717) is 6.04 Å². The Labute approximate surface area is 105 Å². The molecule has 0 fully saturated rings. The number of thioether (sulfide) groups is 1. The van der Waals surface area contributed by atoms with Gasteiger partial charge in [-0.2, -0.15) is 11.8 Å². The van der Waals surface area contributed by atoms with Gasteiger partial charge in [0.05, 0.1) is 0 Å². The molecule has 0 aromatic heterocycles. The number of hydrogen-bond donors (Lipinski definition) is 1. The van der Waals surface area contributed by atoms with Crippen molar-refractivity contribution in [3.8, 4) is 0 Å². The van der Waals surface area contributed by atoms with Crippen molar-refractivity contribution in [2.24, 2.45) is 0 Å². The number of benzene rings is 1. The first-order valence-corrected chi connectivity index (χ1v) is 7.38. The largest absolute Gasteiger partial charge is 0.310 e. The van der Waals surface area contributed by atoms with Crippen molar-refractivity contribution in [2.75, 3.05) is 12.0 Å². The summed E-state index contributed by atoms with van der Waals surface area (Å²) in [5.74, 6) is 1.23. The topological polar surface area (TPSA) is 12.0 Å². The smallest absolute Gasteiger partial charge is 0.0208 e. The van der Waals surface area contributed by atoms with Crippen molar-refractivity contribution in [1.82, 2.24) is 5.32 Å². The average molecular weight is 288 g/mol. The first kappa shape index (κ1) is 13.1.